The van der Waals surface area contributed by atoms with Crippen molar-refractivity contribution < 1.29 is 4.79 Å². The number of rotatable bonds is 1. The van der Waals surface area contributed by atoms with Crippen LogP contribution in [-0.2, 0) is 0 Å². The highest BCUT2D eigenvalue weighted by atomic mass is 16.2. The highest BCUT2D eigenvalue weighted by Gasteiger charge is 2.35. The normalized spacial score (nSPS) is 30.1. The van der Waals surface area contributed by atoms with E-state index in [0.29, 0.717) is 6.04 Å². The third kappa shape index (κ3) is 2.50. The van der Waals surface area contributed by atoms with Crippen LogP contribution in [0, 0.1) is 5.92 Å². The van der Waals surface area contributed by atoms with Crippen LogP contribution in [0.15, 0.2) is 0 Å². The quantitative estimate of drug-likeness (QED) is 0.730. The van der Waals surface area contributed by atoms with Crippen molar-refractivity contribution in [1.82, 2.24) is 10.2 Å². The van der Waals surface area contributed by atoms with Gasteiger partial charge in [0.25, 0.3) is 0 Å². The van der Waals surface area contributed by atoms with Crippen LogP contribution < -0.4 is 5.32 Å². The van der Waals surface area contributed by atoms with Gasteiger partial charge in [0.15, 0.2) is 0 Å². The van der Waals surface area contributed by atoms with E-state index >= 15 is 0 Å². The maximum absolute atomic E-state index is 12.1. The lowest BCUT2D eigenvalue weighted by Gasteiger charge is -2.44. The summed E-state index contributed by atoms with van der Waals surface area (Å²) in [6.07, 6.45) is 7.72. The van der Waals surface area contributed by atoms with Gasteiger partial charge in [-0.05, 0) is 45.4 Å². The number of hydrogen-bond donors (Lipinski definition) is 1. The van der Waals surface area contributed by atoms with Gasteiger partial charge in [-0.1, -0.05) is 12.8 Å². The van der Waals surface area contributed by atoms with E-state index in [-0.39, 0.29) is 12.1 Å². The molecule has 3 heteroatoms. The van der Waals surface area contributed by atoms with Crippen molar-refractivity contribution in [2.45, 2.75) is 64.5 Å². The fourth-order valence-corrected chi connectivity index (χ4v) is 3.21. The summed E-state index contributed by atoms with van der Waals surface area (Å²) in [4.78, 5) is 14.2. The van der Waals surface area contributed by atoms with Crippen LogP contribution in [0.2, 0.25) is 0 Å². The average molecular weight is 224 g/mol. The van der Waals surface area contributed by atoms with Crippen molar-refractivity contribution in [2.24, 2.45) is 5.92 Å². The topological polar surface area (TPSA) is 32.3 Å². The smallest absolute Gasteiger partial charge is 0.317 e. The molecule has 2 aliphatic rings. The molecule has 0 aromatic rings. The van der Waals surface area contributed by atoms with Crippen LogP contribution in [0.5, 0.6) is 0 Å². The molecule has 1 heterocycles. The third-order valence-corrected chi connectivity index (χ3v) is 3.92. The van der Waals surface area contributed by atoms with E-state index in [4.69, 9.17) is 0 Å². The lowest BCUT2D eigenvalue weighted by atomic mass is 9.78. The molecule has 3 nitrogen and oxygen atoms in total. The van der Waals surface area contributed by atoms with Crippen molar-refractivity contribution in [2.75, 3.05) is 6.54 Å². The molecule has 0 aromatic carbocycles. The Morgan fingerprint density at radius 2 is 1.88 bits per heavy atom. The van der Waals surface area contributed by atoms with Crippen LogP contribution in [0.25, 0.3) is 0 Å². The van der Waals surface area contributed by atoms with E-state index in [1.54, 1.807) is 0 Å². The Morgan fingerprint density at radius 1 is 1.19 bits per heavy atom. The fraction of sp³-hybridized carbons (Fsp3) is 0.923. The number of hydrogen-bond acceptors (Lipinski definition) is 1. The molecular formula is C13H24N2O. The summed E-state index contributed by atoms with van der Waals surface area (Å²) in [5, 5.41) is 3.03. The first kappa shape index (κ1) is 11.7. The number of likely N-dealkylation sites (tertiary alicyclic amines) is 1. The summed E-state index contributed by atoms with van der Waals surface area (Å²) in [6.45, 7) is 5.01. The van der Waals surface area contributed by atoms with Crippen molar-refractivity contribution in [3.63, 3.8) is 0 Å². The minimum atomic E-state index is 0.159. The Hall–Kier alpha value is -0.730. The zero-order valence-electron chi connectivity index (χ0n) is 10.5. The second-order valence-corrected chi connectivity index (χ2v) is 5.55. The molecule has 1 aliphatic carbocycles. The maximum atomic E-state index is 12.1. The van der Waals surface area contributed by atoms with Crippen molar-refractivity contribution in [1.29, 1.82) is 0 Å². The van der Waals surface area contributed by atoms with Gasteiger partial charge in [0, 0.05) is 18.6 Å². The van der Waals surface area contributed by atoms with Gasteiger partial charge in [-0.3, -0.25) is 0 Å². The van der Waals surface area contributed by atoms with Crippen LogP contribution in [0.1, 0.15) is 52.4 Å². The molecule has 2 unspecified atom stereocenters. The Kier molecular flexibility index (Phi) is 3.72. The summed E-state index contributed by atoms with van der Waals surface area (Å²) in [5.74, 6) is 0.778. The minimum Gasteiger partial charge on any atom is -0.336 e. The van der Waals surface area contributed by atoms with Gasteiger partial charge in [-0.25, -0.2) is 4.79 Å². The first-order valence-corrected chi connectivity index (χ1v) is 6.75. The molecule has 2 rings (SSSR count). The van der Waals surface area contributed by atoms with Gasteiger partial charge < -0.3 is 10.2 Å². The SMILES string of the molecule is CC(C)NC(=O)N1CCCC2CCCCC21. The number of nitrogens with one attached hydrogen (secondary N) is 1. The van der Waals surface area contributed by atoms with E-state index < -0.39 is 0 Å². The molecular weight excluding hydrogens is 200 g/mol. The first-order valence-electron chi connectivity index (χ1n) is 6.75. The van der Waals surface area contributed by atoms with E-state index in [0.717, 1.165) is 12.5 Å². The molecule has 92 valence electrons. The van der Waals surface area contributed by atoms with E-state index in [1.807, 2.05) is 13.8 Å². The molecule has 1 N–H and O–H groups in total. The van der Waals surface area contributed by atoms with E-state index in [2.05, 4.69) is 10.2 Å². The Morgan fingerprint density at radius 3 is 2.62 bits per heavy atom. The number of nitrogens with zero attached hydrogens (tertiary/aromatic N) is 1. The zero-order valence-corrected chi connectivity index (χ0v) is 10.5. The Labute approximate surface area is 98.6 Å². The van der Waals surface area contributed by atoms with Crippen molar-refractivity contribution in [3.05, 3.63) is 0 Å². The van der Waals surface area contributed by atoms with Crippen molar-refractivity contribution in [3.8, 4) is 0 Å². The summed E-state index contributed by atoms with van der Waals surface area (Å²) in [5.41, 5.74) is 0. The molecule has 16 heavy (non-hydrogen) atoms. The van der Waals surface area contributed by atoms with Gasteiger partial charge in [0.2, 0.25) is 0 Å². The largest absolute Gasteiger partial charge is 0.336 e. The Balaban J connectivity index is 1.99. The van der Waals surface area contributed by atoms with Crippen LogP contribution >= 0.6 is 0 Å². The molecule has 2 fully saturated rings. The molecule has 0 aromatic heterocycles. The second-order valence-electron chi connectivity index (χ2n) is 5.55. The molecule has 2 amide bonds. The second kappa shape index (κ2) is 5.07. The first-order chi connectivity index (χ1) is 7.68. The number of fused-ring (bicyclic) bond motifs is 1. The highest BCUT2D eigenvalue weighted by molar-refractivity contribution is 5.75. The van der Waals surface area contributed by atoms with Gasteiger partial charge in [-0.15, -0.1) is 0 Å². The molecule has 2 atom stereocenters. The maximum Gasteiger partial charge on any atom is 0.317 e. The average Bonchev–Trinajstić information content (AvgIpc) is 2.27. The molecule has 1 saturated heterocycles. The molecule has 0 spiro atoms. The molecule has 0 radical (unpaired) electrons. The van der Waals surface area contributed by atoms with Gasteiger partial charge in [-0.2, -0.15) is 0 Å². The van der Waals surface area contributed by atoms with E-state index in [9.17, 15) is 4.79 Å². The van der Waals surface area contributed by atoms with Crippen LogP contribution in [0.4, 0.5) is 4.79 Å². The number of piperidine rings is 1. The van der Waals surface area contributed by atoms with Gasteiger partial charge in [0.05, 0.1) is 0 Å². The summed E-state index contributed by atoms with van der Waals surface area (Å²) >= 11 is 0. The van der Waals surface area contributed by atoms with Gasteiger partial charge >= 0.3 is 6.03 Å². The van der Waals surface area contributed by atoms with Crippen LogP contribution in [-0.4, -0.2) is 29.6 Å². The van der Waals surface area contributed by atoms with Crippen molar-refractivity contribution >= 4 is 6.03 Å². The number of amides is 2. The monoisotopic (exact) mass is 224 g/mol. The summed E-state index contributed by atoms with van der Waals surface area (Å²) < 4.78 is 0. The highest BCUT2D eigenvalue weighted by Crippen LogP contribution is 2.35. The van der Waals surface area contributed by atoms with E-state index in [1.165, 1.54) is 38.5 Å². The summed E-state index contributed by atoms with van der Waals surface area (Å²) in [7, 11) is 0. The summed E-state index contributed by atoms with van der Waals surface area (Å²) in [6, 6.07) is 0.935. The Bertz CT molecular complexity index is 250. The third-order valence-electron chi connectivity index (χ3n) is 3.92. The fourth-order valence-electron chi connectivity index (χ4n) is 3.21. The molecule has 1 saturated carbocycles. The number of urea groups is 1. The predicted octanol–water partition coefficient (Wildman–Crippen LogP) is 2.76. The molecule has 0 bridgehead atoms. The lowest BCUT2D eigenvalue weighted by molar-refractivity contribution is 0.0832. The molecule has 1 aliphatic heterocycles. The number of carbonyl (C=O) groups is 1. The zero-order chi connectivity index (χ0) is 11.5. The predicted molar refractivity (Wildman–Crippen MR) is 65.4 cm³/mol. The minimum absolute atomic E-state index is 0.159. The standard InChI is InChI=1S/C13H24N2O/c1-10(2)14-13(16)15-9-5-7-11-6-3-4-8-12(11)15/h10-12H,3-9H2,1-2H3,(H,14,16). The lowest BCUT2D eigenvalue weighted by Crippen LogP contribution is -2.54. The van der Waals surface area contributed by atoms with Gasteiger partial charge in [0.1, 0.15) is 0 Å². The number of carbonyl (C=O) groups excluding carboxylic acids is 1. The van der Waals surface area contributed by atoms with Crippen LogP contribution in [0.3, 0.4) is 0 Å².